The molecule has 0 bridgehead atoms. The van der Waals surface area contributed by atoms with E-state index < -0.39 is 17.6 Å². The normalized spacial score (nSPS) is 12.3. The molecule has 0 aliphatic carbocycles. The molecule has 3 heterocycles. The van der Waals surface area contributed by atoms with Crippen molar-refractivity contribution in [3.05, 3.63) is 71.0 Å². The molecule has 0 aliphatic heterocycles. The van der Waals surface area contributed by atoms with Crippen LogP contribution < -0.4 is 5.56 Å². The van der Waals surface area contributed by atoms with Gasteiger partial charge in [-0.1, -0.05) is 12.1 Å². The summed E-state index contributed by atoms with van der Waals surface area (Å²) >= 11 is 0. The Morgan fingerprint density at radius 1 is 1.23 bits per heavy atom. The molecule has 1 atom stereocenters. The van der Waals surface area contributed by atoms with Crippen LogP contribution in [0.2, 0.25) is 0 Å². The number of carbonyl (C=O) groups is 1. The van der Waals surface area contributed by atoms with Gasteiger partial charge in [0.05, 0.1) is 6.33 Å². The van der Waals surface area contributed by atoms with Crippen LogP contribution in [0.5, 0.6) is 0 Å². The summed E-state index contributed by atoms with van der Waals surface area (Å²) in [4.78, 5) is 33.0. The molecule has 0 saturated carbocycles. The summed E-state index contributed by atoms with van der Waals surface area (Å²) in [6, 6.07) is 10.8. The maximum absolute atomic E-state index is 12.6. The summed E-state index contributed by atoms with van der Waals surface area (Å²) in [5.41, 5.74) is 1.61. The zero-order chi connectivity index (χ0) is 18.1. The molecule has 0 aliphatic rings. The van der Waals surface area contributed by atoms with E-state index in [2.05, 4.69) is 9.97 Å². The topological polar surface area (TPSA) is 87.2 Å². The van der Waals surface area contributed by atoms with E-state index in [1.165, 1.54) is 10.9 Å². The predicted octanol–water partition coefficient (Wildman–Crippen LogP) is 2.84. The smallest absolute Gasteiger partial charge is 0.326 e. The van der Waals surface area contributed by atoms with Gasteiger partial charge in [0, 0.05) is 17.8 Å². The molecular weight excluding hydrogens is 334 g/mol. The zero-order valence-electron chi connectivity index (χ0n) is 14.0. The van der Waals surface area contributed by atoms with Gasteiger partial charge in [-0.2, -0.15) is 0 Å². The van der Waals surface area contributed by atoms with Crippen molar-refractivity contribution in [1.29, 1.82) is 0 Å². The summed E-state index contributed by atoms with van der Waals surface area (Å²) in [6.45, 7) is 1.52. The molecule has 0 spiro atoms. The minimum absolute atomic E-state index is 0.128. The van der Waals surface area contributed by atoms with Gasteiger partial charge < -0.3 is 9.15 Å². The van der Waals surface area contributed by atoms with Crippen molar-refractivity contribution in [1.82, 2.24) is 14.5 Å². The molecular formula is C19H15N3O4. The Morgan fingerprint density at radius 3 is 2.81 bits per heavy atom. The highest BCUT2D eigenvalue weighted by Crippen LogP contribution is 2.24. The molecule has 7 nitrogen and oxygen atoms in total. The van der Waals surface area contributed by atoms with Crippen molar-refractivity contribution in [3.8, 4) is 0 Å². The van der Waals surface area contributed by atoms with Gasteiger partial charge in [0.2, 0.25) is 5.58 Å². The highest BCUT2D eigenvalue weighted by molar-refractivity contribution is 6.01. The molecule has 1 unspecified atom stereocenters. The average molecular weight is 349 g/mol. The lowest BCUT2D eigenvalue weighted by molar-refractivity contribution is -0.149. The second kappa shape index (κ2) is 6.44. The van der Waals surface area contributed by atoms with E-state index in [0.717, 1.165) is 10.9 Å². The van der Waals surface area contributed by atoms with Gasteiger partial charge in [-0.15, -0.1) is 0 Å². The number of benzene rings is 1. The van der Waals surface area contributed by atoms with Crippen molar-refractivity contribution in [2.45, 2.75) is 19.6 Å². The average Bonchev–Trinajstić information content (AvgIpc) is 3.04. The maximum Gasteiger partial charge on any atom is 0.326 e. The van der Waals surface area contributed by atoms with E-state index in [1.807, 2.05) is 18.2 Å². The largest absolute Gasteiger partial charge is 0.456 e. The molecule has 0 saturated heterocycles. The van der Waals surface area contributed by atoms with Gasteiger partial charge in [-0.05, 0) is 36.8 Å². The van der Waals surface area contributed by atoms with Crippen LogP contribution in [0, 0.1) is 0 Å². The number of rotatable bonds is 4. The monoisotopic (exact) mass is 349 g/mol. The van der Waals surface area contributed by atoms with Crippen LogP contribution in [0.15, 0.2) is 64.3 Å². The molecule has 0 radical (unpaired) electrons. The van der Waals surface area contributed by atoms with Gasteiger partial charge in [0.25, 0.3) is 5.56 Å². The number of hydrogen-bond acceptors (Lipinski definition) is 6. The fraction of sp³-hybridized carbons (Fsp3) is 0.158. The lowest BCUT2D eigenvalue weighted by Crippen LogP contribution is -2.25. The Kier molecular flexibility index (Phi) is 3.96. The fourth-order valence-electron chi connectivity index (χ4n) is 2.80. The molecule has 4 aromatic rings. The van der Waals surface area contributed by atoms with Crippen molar-refractivity contribution in [3.63, 3.8) is 0 Å². The Balaban J connectivity index is 1.59. The Hall–Kier alpha value is -3.48. The van der Waals surface area contributed by atoms with Gasteiger partial charge >= 0.3 is 5.97 Å². The van der Waals surface area contributed by atoms with Crippen molar-refractivity contribution >= 4 is 28.0 Å². The number of ether oxygens (including phenoxy) is 1. The second-order valence-corrected chi connectivity index (χ2v) is 5.87. The molecule has 0 fully saturated rings. The van der Waals surface area contributed by atoms with Crippen molar-refractivity contribution < 1.29 is 13.9 Å². The predicted molar refractivity (Wildman–Crippen MR) is 94.5 cm³/mol. The van der Waals surface area contributed by atoms with E-state index in [-0.39, 0.29) is 12.1 Å². The number of nitrogens with zero attached hydrogens (tertiary/aromatic N) is 3. The maximum atomic E-state index is 12.6. The SMILES string of the molecule is CC(OC(=O)Cn1cnc2c(oc3ccccc32)c1=O)c1ccncc1. The molecule has 0 N–H and O–H groups in total. The lowest BCUT2D eigenvalue weighted by atomic mass is 10.2. The molecule has 7 heteroatoms. The van der Waals surface area contributed by atoms with E-state index in [4.69, 9.17) is 9.15 Å². The van der Waals surface area contributed by atoms with Crippen molar-refractivity contribution in [2.24, 2.45) is 0 Å². The summed E-state index contributed by atoms with van der Waals surface area (Å²) in [5.74, 6) is -0.534. The number of esters is 1. The Bertz CT molecular complexity index is 1150. The Morgan fingerprint density at radius 2 is 2.00 bits per heavy atom. The molecule has 3 aromatic heterocycles. The molecule has 4 rings (SSSR count). The quantitative estimate of drug-likeness (QED) is 0.527. The second-order valence-electron chi connectivity index (χ2n) is 5.87. The van der Waals surface area contributed by atoms with Crippen molar-refractivity contribution in [2.75, 3.05) is 0 Å². The minimum atomic E-state index is -0.534. The van der Waals surface area contributed by atoms with Crippen LogP contribution in [0.4, 0.5) is 0 Å². The summed E-state index contributed by atoms with van der Waals surface area (Å²) in [6.07, 6.45) is 4.15. The number of pyridine rings is 1. The van der Waals surface area contributed by atoms with E-state index in [9.17, 15) is 9.59 Å². The number of fused-ring (bicyclic) bond motifs is 3. The first kappa shape index (κ1) is 16.0. The van der Waals surface area contributed by atoms with Crippen LogP contribution in [0.1, 0.15) is 18.6 Å². The number of carbonyl (C=O) groups excluding carboxylic acids is 1. The van der Waals surface area contributed by atoms with E-state index in [0.29, 0.717) is 11.1 Å². The van der Waals surface area contributed by atoms with E-state index >= 15 is 0 Å². The third-order valence-electron chi connectivity index (χ3n) is 4.13. The minimum Gasteiger partial charge on any atom is -0.456 e. The number of furan rings is 1. The van der Waals surface area contributed by atoms with Crippen LogP contribution in [-0.2, 0) is 16.1 Å². The van der Waals surface area contributed by atoms with Crippen LogP contribution in [0.3, 0.4) is 0 Å². The lowest BCUT2D eigenvalue weighted by Gasteiger charge is -2.13. The summed E-state index contributed by atoms with van der Waals surface area (Å²) in [5, 5.41) is 0.764. The van der Waals surface area contributed by atoms with Gasteiger partial charge in [0.1, 0.15) is 23.7 Å². The first-order chi connectivity index (χ1) is 12.6. The third-order valence-corrected chi connectivity index (χ3v) is 4.13. The first-order valence-electron chi connectivity index (χ1n) is 8.09. The van der Waals surface area contributed by atoms with Crippen LogP contribution in [0.25, 0.3) is 22.1 Å². The number of para-hydroxylation sites is 1. The highest BCUT2D eigenvalue weighted by Gasteiger charge is 2.16. The molecule has 0 amide bonds. The fourth-order valence-corrected chi connectivity index (χ4v) is 2.80. The third kappa shape index (κ3) is 2.83. The van der Waals surface area contributed by atoms with Crippen LogP contribution >= 0.6 is 0 Å². The number of hydrogen-bond donors (Lipinski definition) is 0. The van der Waals surface area contributed by atoms with Gasteiger partial charge in [-0.3, -0.25) is 19.1 Å². The summed E-state index contributed by atoms with van der Waals surface area (Å²) in [7, 11) is 0. The standard InChI is InChI=1S/C19H15N3O4/c1-12(13-6-8-20-9-7-13)25-16(23)10-22-11-21-17-14-4-2-3-5-15(14)26-18(17)19(22)24/h2-9,11-12H,10H2,1H3. The first-order valence-corrected chi connectivity index (χ1v) is 8.09. The van der Waals surface area contributed by atoms with Crippen LogP contribution in [-0.4, -0.2) is 20.5 Å². The molecule has 130 valence electrons. The molecule has 26 heavy (non-hydrogen) atoms. The highest BCUT2D eigenvalue weighted by atomic mass is 16.5. The molecule has 1 aromatic carbocycles. The van der Waals surface area contributed by atoms with Gasteiger partial charge in [-0.25, -0.2) is 4.98 Å². The Labute approximate surface area is 147 Å². The van der Waals surface area contributed by atoms with E-state index in [1.54, 1.807) is 37.5 Å². The summed E-state index contributed by atoms with van der Waals surface area (Å²) < 4.78 is 12.2. The van der Waals surface area contributed by atoms with Gasteiger partial charge in [0.15, 0.2) is 0 Å². The zero-order valence-corrected chi connectivity index (χ0v) is 14.0. The number of aromatic nitrogens is 3.